The Bertz CT molecular complexity index is 1960. The molecule has 3 heteroatoms. The van der Waals surface area contributed by atoms with Crippen molar-refractivity contribution in [3.63, 3.8) is 0 Å². The molecule has 0 aliphatic carbocycles. The molecule has 5 aromatic carbocycles. The van der Waals surface area contributed by atoms with Gasteiger partial charge in [-0.2, -0.15) is 0 Å². The Morgan fingerprint density at radius 1 is 0.530 bits per heavy atom. The molecular formula is C63H93N3. The van der Waals surface area contributed by atoms with Crippen LogP contribution in [-0.4, -0.2) is 32.2 Å². The fourth-order valence-corrected chi connectivity index (χ4v) is 6.91. The first-order valence-corrected chi connectivity index (χ1v) is 25.3. The molecule has 3 N–H and O–H groups in total. The molecule has 66 heavy (non-hydrogen) atoms. The summed E-state index contributed by atoms with van der Waals surface area (Å²) in [7, 11) is 3.99. The summed E-state index contributed by atoms with van der Waals surface area (Å²) in [5.41, 5.74) is 12.9. The van der Waals surface area contributed by atoms with Crippen LogP contribution in [0.5, 0.6) is 0 Å². The number of hydrogen-bond donors (Lipinski definition) is 3. The second-order valence-corrected chi connectivity index (χ2v) is 18.4. The Morgan fingerprint density at radius 3 is 1.45 bits per heavy atom. The average molecular weight is 892 g/mol. The molecule has 0 saturated heterocycles. The Morgan fingerprint density at radius 2 is 1.00 bits per heavy atom. The maximum absolute atomic E-state index is 4.48. The molecule has 5 rings (SSSR count). The lowest BCUT2D eigenvalue weighted by Crippen LogP contribution is -2.29. The number of benzene rings is 5. The zero-order valence-corrected chi connectivity index (χ0v) is 43.7. The van der Waals surface area contributed by atoms with E-state index in [0.717, 1.165) is 63.0 Å². The van der Waals surface area contributed by atoms with Crippen molar-refractivity contribution in [3.05, 3.63) is 204 Å². The SMILES string of the molecule is C=CC(Cc1cc(-c2cccc(CC(NC)C(=C)CCc3ccccc3)c2)ccc1CCc1ccccc1)NC(=C)CCc1ccccc1.CC(C)C.CCC.CCCCC.CNC(C)C. The van der Waals surface area contributed by atoms with Gasteiger partial charge in [0.2, 0.25) is 0 Å². The Labute approximate surface area is 406 Å². The standard InChI is InChI=1S/C47H52N2.C5H12.C4H11N.C4H10.C3H8/c1-5-46(49-37(3)25-27-39-18-11-7-12-19-39)35-45-34-44(31-30-42(45)29-28-40-20-13-8-14-21-40)43-23-15-22-41(32-43)33-47(48-4)36(2)24-26-38-16-9-6-10-17-38;1-3-5-4-2;1-4(2)5-3;1-4(2)3;1-3-2/h5-23,30-32,34,46-49H,1-3,24-29,33,35H2,4H3;3-5H2,1-2H3;4-5H,1-3H3;4H,1-3H3;3H2,1-2H3. The molecule has 0 radical (unpaired) electrons. The second-order valence-electron chi connectivity index (χ2n) is 18.4. The van der Waals surface area contributed by atoms with Crippen molar-refractivity contribution < 1.29 is 0 Å². The molecule has 2 unspecified atom stereocenters. The highest BCUT2D eigenvalue weighted by Crippen LogP contribution is 2.27. The number of rotatable bonds is 22. The molecule has 0 saturated carbocycles. The molecule has 0 aromatic heterocycles. The van der Waals surface area contributed by atoms with Crippen LogP contribution in [0.4, 0.5) is 0 Å². The van der Waals surface area contributed by atoms with Gasteiger partial charge >= 0.3 is 0 Å². The lowest BCUT2D eigenvalue weighted by molar-refractivity contribution is 0.609. The fourth-order valence-electron chi connectivity index (χ4n) is 6.91. The van der Waals surface area contributed by atoms with Gasteiger partial charge in [-0.1, -0.05) is 246 Å². The first kappa shape index (κ1) is 59.1. The minimum absolute atomic E-state index is 0.0959. The number of unbranched alkanes of at least 4 members (excludes halogenated alkanes) is 2. The monoisotopic (exact) mass is 892 g/mol. The van der Waals surface area contributed by atoms with Crippen molar-refractivity contribution in [2.24, 2.45) is 5.92 Å². The summed E-state index contributed by atoms with van der Waals surface area (Å²) >= 11 is 0. The molecule has 0 heterocycles. The summed E-state index contributed by atoms with van der Waals surface area (Å²) < 4.78 is 0. The average Bonchev–Trinajstić information content (AvgIpc) is 3.33. The molecule has 0 amide bonds. The third kappa shape index (κ3) is 27.5. The molecule has 0 bridgehead atoms. The van der Waals surface area contributed by atoms with Crippen molar-refractivity contribution in [3.8, 4) is 11.1 Å². The maximum atomic E-state index is 4.48. The summed E-state index contributed by atoms with van der Waals surface area (Å²) in [6.45, 7) is 32.5. The molecule has 0 fully saturated rings. The Balaban J connectivity index is 0.00000110. The number of allylic oxidation sites excluding steroid dienone is 1. The third-order valence-corrected chi connectivity index (χ3v) is 10.8. The maximum Gasteiger partial charge on any atom is 0.0479 e. The summed E-state index contributed by atoms with van der Waals surface area (Å²) in [6.07, 6.45) is 15.0. The van der Waals surface area contributed by atoms with Crippen LogP contribution >= 0.6 is 0 Å². The molecule has 0 aliphatic heterocycles. The lowest BCUT2D eigenvalue weighted by Gasteiger charge is -2.21. The van der Waals surface area contributed by atoms with Crippen molar-refractivity contribution in [2.45, 2.75) is 157 Å². The number of aryl methyl sites for hydroxylation is 4. The van der Waals surface area contributed by atoms with Crippen LogP contribution in [0, 0.1) is 5.92 Å². The van der Waals surface area contributed by atoms with Crippen molar-refractivity contribution in [1.82, 2.24) is 16.0 Å². The van der Waals surface area contributed by atoms with Crippen LogP contribution in [0.3, 0.4) is 0 Å². The van der Waals surface area contributed by atoms with Crippen molar-refractivity contribution in [2.75, 3.05) is 14.1 Å². The van der Waals surface area contributed by atoms with Crippen LogP contribution in [0.1, 0.15) is 134 Å². The summed E-state index contributed by atoms with van der Waals surface area (Å²) in [6, 6.07) is 49.1. The molecule has 3 nitrogen and oxygen atoms in total. The third-order valence-electron chi connectivity index (χ3n) is 10.8. The van der Waals surface area contributed by atoms with Gasteiger partial charge in [0.05, 0.1) is 0 Å². The van der Waals surface area contributed by atoms with Crippen LogP contribution in [-0.2, 0) is 38.5 Å². The van der Waals surface area contributed by atoms with Crippen LogP contribution in [0.25, 0.3) is 11.1 Å². The normalized spacial score (nSPS) is 11.2. The summed E-state index contributed by atoms with van der Waals surface area (Å²) in [5.74, 6) is 0.833. The zero-order valence-electron chi connectivity index (χ0n) is 43.7. The Kier molecular flexibility index (Phi) is 33.3. The fraction of sp³-hybridized carbons (Fsp3) is 0.429. The second kappa shape index (κ2) is 37.2. The van der Waals surface area contributed by atoms with E-state index < -0.39 is 0 Å². The van der Waals surface area contributed by atoms with Gasteiger partial charge in [0.1, 0.15) is 0 Å². The van der Waals surface area contributed by atoms with Crippen LogP contribution in [0.2, 0.25) is 0 Å². The number of likely N-dealkylation sites (N-methyl/N-ethyl adjacent to an activating group) is 1. The minimum Gasteiger partial charge on any atom is -0.382 e. The molecule has 0 aliphatic rings. The highest BCUT2D eigenvalue weighted by Gasteiger charge is 2.15. The van der Waals surface area contributed by atoms with Gasteiger partial charge in [-0.3, -0.25) is 0 Å². The van der Waals surface area contributed by atoms with E-state index in [-0.39, 0.29) is 12.1 Å². The van der Waals surface area contributed by atoms with E-state index in [9.17, 15) is 0 Å². The highest BCUT2D eigenvalue weighted by atomic mass is 14.9. The predicted octanol–water partition coefficient (Wildman–Crippen LogP) is 16.2. The number of nitrogens with one attached hydrogen (secondary N) is 3. The summed E-state index contributed by atoms with van der Waals surface area (Å²) in [5, 5.41) is 10.2. The molecular weight excluding hydrogens is 799 g/mol. The molecule has 2 atom stereocenters. The molecule has 0 spiro atoms. The van der Waals surface area contributed by atoms with Crippen molar-refractivity contribution >= 4 is 0 Å². The van der Waals surface area contributed by atoms with Gasteiger partial charge in [-0.25, -0.2) is 0 Å². The smallest absolute Gasteiger partial charge is 0.0479 e. The summed E-state index contributed by atoms with van der Waals surface area (Å²) in [4.78, 5) is 0. The van der Waals surface area contributed by atoms with E-state index in [1.807, 2.05) is 20.2 Å². The van der Waals surface area contributed by atoms with Gasteiger partial charge in [0, 0.05) is 23.8 Å². The van der Waals surface area contributed by atoms with Gasteiger partial charge in [0.25, 0.3) is 0 Å². The lowest BCUT2D eigenvalue weighted by atomic mass is 9.90. The quantitative estimate of drug-likeness (QED) is 0.0606. The van der Waals surface area contributed by atoms with E-state index >= 15 is 0 Å². The number of hydrogen-bond acceptors (Lipinski definition) is 3. The highest BCUT2D eigenvalue weighted by molar-refractivity contribution is 5.66. The topological polar surface area (TPSA) is 36.1 Å². The van der Waals surface area contributed by atoms with E-state index in [0.29, 0.717) is 6.04 Å². The first-order valence-electron chi connectivity index (χ1n) is 25.3. The van der Waals surface area contributed by atoms with E-state index in [4.69, 9.17) is 0 Å². The van der Waals surface area contributed by atoms with Crippen molar-refractivity contribution in [1.29, 1.82) is 0 Å². The van der Waals surface area contributed by atoms with E-state index in [1.54, 1.807) is 0 Å². The van der Waals surface area contributed by atoms with Gasteiger partial charge in [0.15, 0.2) is 0 Å². The molecule has 360 valence electrons. The van der Waals surface area contributed by atoms with Gasteiger partial charge in [-0.05, 0) is 116 Å². The predicted molar refractivity (Wildman–Crippen MR) is 297 cm³/mol. The van der Waals surface area contributed by atoms with Crippen LogP contribution in [0.15, 0.2) is 171 Å². The van der Waals surface area contributed by atoms with Gasteiger partial charge in [-0.15, -0.1) is 6.58 Å². The zero-order chi connectivity index (χ0) is 49.0. The minimum atomic E-state index is 0.0959. The largest absolute Gasteiger partial charge is 0.382 e. The Hall–Kier alpha value is -4.96. The van der Waals surface area contributed by atoms with Gasteiger partial charge < -0.3 is 16.0 Å². The van der Waals surface area contributed by atoms with E-state index in [2.05, 4.69) is 231 Å². The van der Waals surface area contributed by atoms with Crippen LogP contribution < -0.4 is 16.0 Å². The molecule has 5 aromatic rings. The van der Waals surface area contributed by atoms with E-state index in [1.165, 1.54) is 75.8 Å². The first-order chi connectivity index (χ1) is 31.8.